The van der Waals surface area contributed by atoms with Crippen LogP contribution in [0.1, 0.15) is 29.5 Å². The molecule has 0 saturated carbocycles. The van der Waals surface area contributed by atoms with Gasteiger partial charge in [-0.2, -0.15) is 0 Å². The second-order valence-electron chi connectivity index (χ2n) is 5.46. The number of hydrogen-bond donors (Lipinski definition) is 1. The number of thioether (sulfide) groups is 1. The largest absolute Gasteiger partial charge is 0.361 e. The van der Waals surface area contributed by atoms with Crippen LogP contribution >= 0.6 is 11.8 Å². The molecule has 1 aliphatic rings. The van der Waals surface area contributed by atoms with Gasteiger partial charge in [0.05, 0.1) is 12.6 Å². The minimum Gasteiger partial charge on any atom is -0.361 e. The Bertz CT molecular complexity index is 671. The van der Waals surface area contributed by atoms with E-state index in [4.69, 9.17) is 4.52 Å². The fraction of sp³-hybridized carbons (Fsp3) is 0.375. The lowest BCUT2D eigenvalue weighted by Crippen LogP contribution is -2.39. The van der Waals surface area contributed by atoms with Crippen LogP contribution in [0.25, 0.3) is 0 Å². The predicted molar refractivity (Wildman–Crippen MR) is 85.8 cm³/mol. The van der Waals surface area contributed by atoms with E-state index in [2.05, 4.69) is 22.6 Å². The van der Waals surface area contributed by atoms with Gasteiger partial charge in [0, 0.05) is 23.8 Å². The lowest BCUT2D eigenvalue weighted by Gasteiger charge is -2.28. The number of carbonyl (C=O) groups excluding carboxylic acids is 1. The van der Waals surface area contributed by atoms with Crippen molar-refractivity contribution in [3.05, 3.63) is 47.3 Å². The van der Waals surface area contributed by atoms with Crippen LogP contribution in [0, 0.1) is 6.92 Å². The van der Waals surface area contributed by atoms with E-state index < -0.39 is 0 Å². The molecule has 0 aliphatic carbocycles. The van der Waals surface area contributed by atoms with Crippen molar-refractivity contribution in [2.24, 2.45) is 0 Å². The lowest BCUT2D eigenvalue weighted by atomic mass is 10.0. The van der Waals surface area contributed by atoms with E-state index in [0.29, 0.717) is 6.54 Å². The number of carbonyl (C=O) groups is 1. The first-order chi connectivity index (χ1) is 10.6. The van der Waals surface area contributed by atoms with E-state index in [9.17, 15) is 4.79 Å². The summed E-state index contributed by atoms with van der Waals surface area (Å²) in [6, 6.07) is 10.1. The van der Waals surface area contributed by atoms with Gasteiger partial charge in [0.2, 0.25) is 0 Å². The van der Waals surface area contributed by atoms with Gasteiger partial charge in [0.25, 0.3) is 0 Å². The zero-order valence-corrected chi connectivity index (χ0v) is 13.5. The van der Waals surface area contributed by atoms with Gasteiger partial charge in [-0.05, 0) is 25.0 Å². The topological polar surface area (TPSA) is 58.4 Å². The van der Waals surface area contributed by atoms with Crippen molar-refractivity contribution in [3.63, 3.8) is 0 Å². The molecule has 1 aromatic heterocycles. The summed E-state index contributed by atoms with van der Waals surface area (Å²) in [6.45, 7) is 2.28. The van der Waals surface area contributed by atoms with Crippen LogP contribution < -0.4 is 5.32 Å². The van der Waals surface area contributed by atoms with Crippen LogP contribution in [-0.2, 0) is 6.54 Å². The molecule has 3 rings (SSSR count). The number of hydrogen-bond acceptors (Lipinski definition) is 4. The fourth-order valence-corrected chi connectivity index (χ4v) is 3.68. The quantitative estimate of drug-likeness (QED) is 0.943. The van der Waals surface area contributed by atoms with E-state index in [1.165, 1.54) is 10.5 Å². The van der Waals surface area contributed by atoms with Gasteiger partial charge >= 0.3 is 6.03 Å². The molecule has 0 fully saturated rings. The highest BCUT2D eigenvalue weighted by Crippen LogP contribution is 2.35. The first kappa shape index (κ1) is 15.0. The molecule has 6 heteroatoms. The van der Waals surface area contributed by atoms with E-state index in [1.54, 1.807) is 11.9 Å². The summed E-state index contributed by atoms with van der Waals surface area (Å²) in [4.78, 5) is 15.3. The molecule has 0 bridgehead atoms. The Morgan fingerprint density at radius 1 is 1.50 bits per heavy atom. The number of nitrogens with zero attached hydrogens (tertiary/aromatic N) is 2. The number of fused-ring (bicyclic) bond motifs is 1. The highest BCUT2D eigenvalue weighted by molar-refractivity contribution is 7.99. The molecule has 0 spiro atoms. The molecular formula is C16H19N3O2S. The van der Waals surface area contributed by atoms with Crippen molar-refractivity contribution in [1.82, 2.24) is 15.4 Å². The Labute approximate surface area is 134 Å². The molecule has 116 valence electrons. The van der Waals surface area contributed by atoms with Gasteiger partial charge in [-0.25, -0.2) is 4.79 Å². The average Bonchev–Trinajstić information content (AvgIpc) is 2.92. The van der Waals surface area contributed by atoms with Gasteiger partial charge in [-0.1, -0.05) is 23.4 Å². The van der Waals surface area contributed by atoms with Crippen LogP contribution in [0.3, 0.4) is 0 Å². The van der Waals surface area contributed by atoms with E-state index in [1.807, 2.05) is 36.9 Å². The van der Waals surface area contributed by atoms with Crippen LogP contribution in [0.5, 0.6) is 0 Å². The number of urea groups is 1. The van der Waals surface area contributed by atoms with Crippen molar-refractivity contribution in [2.45, 2.75) is 30.8 Å². The van der Waals surface area contributed by atoms with Crippen molar-refractivity contribution >= 4 is 17.8 Å². The van der Waals surface area contributed by atoms with Gasteiger partial charge in [0.15, 0.2) is 0 Å². The standard InChI is InChI=1S/C16H19N3O2S/c1-11-9-12(18-21-11)10-19(2)16(20)17-14-7-8-22-15-6-4-3-5-13(14)15/h3-6,9,14H,7-8,10H2,1-2H3,(H,17,20)/t14-/m1/s1. The third-order valence-electron chi connectivity index (χ3n) is 3.68. The summed E-state index contributed by atoms with van der Waals surface area (Å²) < 4.78 is 5.03. The number of benzene rings is 1. The van der Waals surface area contributed by atoms with Crippen molar-refractivity contribution in [2.75, 3.05) is 12.8 Å². The van der Waals surface area contributed by atoms with Gasteiger partial charge in [-0.15, -0.1) is 11.8 Å². The molecule has 1 N–H and O–H groups in total. The summed E-state index contributed by atoms with van der Waals surface area (Å²) in [5, 5.41) is 7.04. The van der Waals surface area contributed by atoms with Gasteiger partial charge in [0.1, 0.15) is 11.5 Å². The number of rotatable bonds is 3. The fourth-order valence-electron chi connectivity index (χ4n) is 2.56. The zero-order valence-electron chi connectivity index (χ0n) is 12.7. The van der Waals surface area contributed by atoms with Crippen molar-refractivity contribution < 1.29 is 9.32 Å². The summed E-state index contributed by atoms with van der Waals surface area (Å²) in [7, 11) is 1.77. The Kier molecular flexibility index (Phi) is 4.38. The molecular weight excluding hydrogens is 298 g/mol. The number of aryl methyl sites for hydroxylation is 1. The Balaban J connectivity index is 1.64. The van der Waals surface area contributed by atoms with Crippen LogP contribution in [0.4, 0.5) is 4.79 Å². The number of amides is 2. The Morgan fingerprint density at radius 2 is 2.32 bits per heavy atom. The maximum absolute atomic E-state index is 12.4. The zero-order chi connectivity index (χ0) is 15.5. The molecule has 2 heterocycles. The SMILES string of the molecule is Cc1cc(CN(C)C(=O)N[C@@H]2CCSc3ccccc32)no1. The second-order valence-corrected chi connectivity index (χ2v) is 6.60. The summed E-state index contributed by atoms with van der Waals surface area (Å²) in [5.74, 6) is 1.77. The van der Waals surface area contributed by atoms with Crippen molar-refractivity contribution in [1.29, 1.82) is 0 Å². The molecule has 0 radical (unpaired) electrons. The van der Waals surface area contributed by atoms with Crippen molar-refractivity contribution in [3.8, 4) is 0 Å². The summed E-state index contributed by atoms with van der Waals surface area (Å²) >= 11 is 1.85. The molecule has 1 atom stereocenters. The normalized spacial score (nSPS) is 16.9. The number of aromatic nitrogens is 1. The third kappa shape index (κ3) is 3.27. The van der Waals surface area contributed by atoms with E-state index in [0.717, 1.165) is 23.6 Å². The molecule has 2 aromatic rings. The molecule has 2 amide bonds. The minimum atomic E-state index is -0.0904. The molecule has 1 aliphatic heterocycles. The maximum atomic E-state index is 12.4. The van der Waals surface area contributed by atoms with Gasteiger partial charge in [-0.3, -0.25) is 0 Å². The van der Waals surface area contributed by atoms with Gasteiger partial charge < -0.3 is 14.7 Å². The summed E-state index contributed by atoms with van der Waals surface area (Å²) in [6.07, 6.45) is 0.949. The Hall–Kier alpha value is -1.95. The highest BCUT2D eigenvalue weighted by Gasteiger charge is 2.23. The van der Waals surface area contributed by atoms with Crippen LogP contribution in [0.2, 0.25) is 0 Å². The highest BCUT2D eigenvalue weighted by atomic mass is 32.2. The number of nitrogens with one attached hydrogen (secondary N) is 1. The van der Waals surface area contributed by atoms with E-state index >= 15 is 0 Å². The monoisotopic (exact) mass is 317 g/mol. The average molecular weight is 317 g/mol. The predicted octanol–water partition coefficient (Wildman–Crippen LogP) is 3.36. The first-order valence-corrected chi connectivity index (χ1v) is 8.27. The lowest BCUT2D eigenvalue weighted by molar-refractivity contribution is 0.201. The first-order valence-electron chi connectivity index (χ1n) is 7.29. The molecule has 1 aromatic carbocycles. The molecule has 0 unspecified atom stereocenters. The third-order valence-corrected chi connectivity index (χ3v) is 4.80. The summed E-state index contributed by atoms with van der Waals surface area (Å²) in [5.41, 5.74) is 1.97. The molecule has 0 saturated heterocycles. The smallest absolute Gasteiger partial charge is 0.317 e. The second kappa shape index (κ2) is 6.44. The van der Waals surface area contributed by atoms with Crippen LogP contribution in [0.15, 0.2) is 39.8 Å². The van der Waals surface area contributed by atoms with Crippen LogP contribution in [-0.4, -0.2) is 28.9 Å². The molecule has 22 heavy (non-hydrogen) atoms. The van der Waals surface area contributed by atoms with E-state index in [-0.39, 0.29) is 12.1 Å². The minimum absolute atomic E-state index is 0.0754. The maximum Gasteiger partial charge on any atom is 0.317 e. The molecule has 5 nitrogen and oxygen atoms in total. The Morgan fingerprint density at radius 3 is 3.09 bits per heavy atom.